The third-order valence-electron chi connectivity index (χ3n) is 6.96. The van der Waals surface area contributed by atoms with Crippen molar-refractivity contribution in [1.82, 2.24) is 14.3 Å². The standard InChI is InChI=1S/C28H29ClN4O3S2/c1-3-22-9-5-7-17-33(22)38(35,36)23-13-11-20(12-14-23)27(34)32(18-21-8-4-6-16-30-21)28-31-25-19(2)10-15-24(29)26(25)37-28/h4,6,8,10-16,22H,3,5,7,9,17-18H2,1-2H3. The van der Waals surface area contributed by atoms with Crippen molar-refractivity contribution in [3.63, 3.8) is 0 Å². The number of pyridine rings is 1. The summed E-state index contributed by atoms with van der Waals surface area (Å²) in [5.74, 6) is -0.295. The van der Waals surface area contributed by atoms with Gasteiger partial charge in [-0.15, -0.1) is 0 Å². The van der Waals surface area contributed by atoms with Crippen LogP contribution in [0.15, 0.2) is 65.7 Å². The van der Waals surface area contributed by atoms with Gasteiger partial charge in [0.25, 0.3) is 5.91 Å². The summed E-state index contributed by atoms with van der Waals surface area (Å²) in [4.78, 5) is 24.8. The number of aryl methyl sites for hydroxylation is 1. The number of halogens is 1. The van der Waals surface area contributed by atoms with Crippen LogP contribution in [-0.2, 0) is 16.6 Å². The van der Waals surface area contributed by atoms with Gasteiger partial charge in [-0.25, -0.2) is 13.4 Å². The molecule has 0 saturated carbocycles. The van der Waals surface area contributed by atoms with E-state index in [0.717, 1.165) is 41.5 Å². The second-order valence-corrected chi connectivity index (χ2v) is 12.7. The summed E-state index contributed by atoms with van der Waals surface area (Å²) in [6.07, 6.45) is 5.24. The SMILES string of the molecule is CCC1CCCCN1S(=O)(=O)c1ccc(C(=O)N(Cc2ccccn2)c2nc3c(C)ccc(Cl)c3s2)cc1. The summed E-state index contributed by atoms with van der Waals surface area (Å²) in [6, 6.07) is 15.5. The number of sulfonamides is 1. The van der Waals surface area contributed by atoms with Crippen molar-refractivity contribution in [3.05, 3.63) is 82.6 Å². The fraction of sp³-hybridized carbons (Fsp3) is 0.321. The van der Waals surface area contributed by atoms with Gasteiger partial charge in [-0.05, 0) is 74.2 Å². The third-order valence-corrected chi connectivity index (χ3v) is 10.5. The normalized spacial score (nSPS) is 16.6. The van der Waals surface area contributed by atoms with E-state index in [0.29, 0.717) is 28.0 Å². The number of carbonyl (C=O) groups excluding carboxylic acids is 1. The number of thiazole rings is 1. The molecule has 1 fully saturated rings. The van der Waals surface area contributed by atoms with Crippen molar-refractivity contribution in [2.45, 2.75) is 57.0 Å². The molecule has 2 aromatic heterocycles. The minimum atomic E-state index is -3.64. The van der Waals surface area contributed by atoms with E-state index in [1.165, 1.54) is 23.5 Å². The van der Waals surface area contributed by atoms with Crippen molar-refractivity contribution >= 4 is 54.2 Å². The predicted molar refractivity (Wildman–Crippen MR) is 152 cm³/mol. The van der Waals surface area contributed by atoms with E-state index in [9.17, 15) is 13.2 Å². The van der Waals surface area contributed by atoms with Gasteiger partial charge in [0.05, 0.1) is 32.4 Å². The average Bonchev–Trinajstić information content (AvgIpc) is 3.41. The molecule has 1 saturated heterocycles. The molecule has 198 valence electrons. The van der Waals surface area contributed by atoms with Gasteiger partial charge in [-0.3, -0.25) is 14.7 Å². The highest BCUT2D eigenvalue weighted by Crippen LogP contribution is 2.37. The van der Waals surface area contributed by atoms with Crippen molar-refractivity contribution in [2.75, 3.05) is 11.4 Å². The monoisotopic (exact) mass is 568 g/mol. The summed E-state index contributed by atoms with van der Waals surface area (Å²) >= 11 is 7.79. The van der Waals surface area contributed by atoms with Crippen molar-refractivity contribution in [1.29, 1.82) is 0 Å². The molecule has 1 aliphatic heterocycles. The molecule has 4 aromatic rings. The molecule has 1 aliphatic rings. The molecule has 7 nitrogen and oxygen atoms in total. The minimum absolute atomic E-state index is 0.0123. The van der Waals surface area contributed by atoms with Crippen molar-refractivity contribution in [2.24, 2.45) is 0 Å². The Labute approximate surface area is 232 Å². The largest absolute Gasteiger partial charge is 0.278 e. The Kier molecular flexibility index (Phi) is 7.81. The van der Waals surface area contributed by atoms with Crippen LogP contribution >= 0.6 is 22.9 Å². The number of hydrogen-bond acceptors (Lipinski definition) is 6. The van der Waals surface area contributed by atoms with Gasteiger partial charge in [0.15, 0.2) is 5.13 Å². The van der Waals surface area contributed by atoms with E-state index in [-0.39, 0.29) is 23.4 Å². The zero-order chi connectivity index (χ0) is 26.9. The Balaban J connectivity index is 1.49. The molecule has 3 heterocycles. The molecule has 0 bridgehead atoms. The van der Waals surface area contributed by atoms with Crippen LogP contribution in [0.4, 0.5) is 5.13 Å². The van der Waals surface area contributed by atoms with E-state index < -0.39 is 10.0 Å². The number of aromatic nitrogens is 2. The van der Waals surface area contributed by atoms with Crippen LogP contribution in [0.1, 0.15) is 54.2 Å². The van der Waals surface area contributed by atoms with Gasteiger partial charge in [0, 0.05) is 24.3 Å². The summed E-state index contributed by atoms with van der Waals surface area (Å²) in [5, 5.41) is 1.08. The molecule has 38 heavy (non-hydrogen) atoms. The zero-order valence-electron chi connectivity index (χ0n) is 21.3. The van der Waals surface area contributed by atoms with E-state index in [2.05, 4.69) is 4.98 Å². The summed E-state index contributed by atoms with van der Waals surface area (Å²) in [6.45, 7) is 4.71. The highest BCUT2D eigenvalue weighted by Gasteiger charge is 2.33. The molecule has 1 unspecified atom stereocenters. The maximum absolute atomic E-state index is 13.8. The van der Waals surface area contributed by atoms with Gasteiger partial charge in [0.1, 0.15) is 0 Å². The Morgan fingerprint density at radius 2 is 1.92 bits per heavy atom. The van der Waals surface area contributed by atoms with Gasteiger partial charge < -0.3 is 0 Å². The highest BCUT2D eigenvalue weighted by atomic mass is 35.5. The fourth-order valence-electron chi connectivity index (χ4n) is 4.85. The molecule has 2 aromatic carbocycles. The van der Waals surface area contributed by atoms with Crippen LogP contribution in [0.5, 0.6) is 0 Å². The molecule has 0 aliphatic carbocycles. The van der Waals surface area contributed by atoms with Gasteiger partial charge in [-0.2, -0.15) is 4.31 Å². The summed E-state index contributed by atoms with van der Waals surface area (Å²) in [7, 11) is -3.64. The quantitative estimate of drug-likeness (QED) is 0.256. The van der Waals surface area contributed by atoms with E-state index >= 15 is 0 Å². The van der Waals surface area contributed by atoms with E-state index in [4.69, 9.17) is 16.6 Å². The summed E-state index contributed by atoms with van der Waals surface area (Å²) in [5.41, 5.74) is 2.80. The Morgan fingerprint density at radius 3 is 2.61 bits per heavy atom. The predicted octanol–water partition coefficient (Wildman–Crippen LogP) is 6.45. The lowest BCUT2D eigenvalue weighted by molar-refractivity contribution is 0.0984. The fourth-order valence-corrected chi connectivity index (χ4v) is 7.93. The number of rotatable bonds is 7. The van der Waals surface area contributed by atoms with Crippen LogP contribution in [0.3, 0.4) is 0 Å². The lowest BCUT2D eigenvalue weighted by Crippen LogP contribution is -2.43. The Hall–Kier alpha value is -2.85. The van der Waals surface area contributed by atoms with Gasteiger partial charge >= 0.3 is 0 Å². The first-order chi connectivity index (χ1) is 18.3. The van der Waals surface area contributed by atoms with E-state index in [1.54, 1.807) is 27.5 Å². The number of carbonyl (C=O) groups is 1. The van der Waals surface area contributed by atoms with Gasteiger partial charge in [0.2, 0.25) is 10.0 Å². The van der Waals surface area contributed by atoms with Crippen LogP contribution in [0.25, 0.3) is 10.2 Å². The first-order valence-corrected chi connectivity index (χ1v) is 15.3. The number of benzene rings is 2. The molecule has 0 spiro atoms. The van der Waals surface area contributed by atoms with Crippen LogP contribution < -0.4 is 4.90 Å². The minimum Gasteiger partial charge on any atom is -0.278 e. The van der Waals surface area contributed by atoms with Gasteiger partial charge in [-0.1, -0.05) is 48.4 Å². The zero-order valence-corrected chi connectivity index (χ0v) is 23.7. The van der Waals surface area contributed by atoms with Crippen molar-refractivity contribution < 1.29 is 13.2 Å². The Morgan fingerprint density at radius 1 is 1.13 bits per heavy atom. The number of fused-ring (bicyclic) bond motifs is 1. The summed E-state index contributed by atoms with van der Waals surface area (Å²) < 4.78 is 29.2. The number of anilines is 1. The lowest BCUT2D eigenvalue weighted by Gasteiger charge is -2.34. The number of amides is 1. The average molecular weight is 569 g/mol. The maximum atomic E-state index is 13.8. The molecular weight excluding hydrogens is 540 g/mol. The number of hydrogen-bond donors (Lipinski definition) is 0. The Bertz CT molecular complexity index is 1520. The second kappa shape index (κ2) is 11.1. The molecule has 5 rings (SSSR count). The molecule has 1 amide bonds. The first kappa shape index (κ1) is 26.7. The number of piperidine rings is 1. The highest BCUT2D eigenvalue weighted by molar-refractivity contribution is 7.89. The first-order valence-electron chi connectivity index (χ1n) is 12.7. The lowest BCUT2D eigenvalue weighted by atomic mass is 10.0. The molecular formula is C28H29ClN4O3S2. The number of nitrogens with zero attached hydrogens (tertiary/aromatic N) is 4. The smallest absolute Gasteiger partial charge is 0.260 e. The second-order valence-electron chi connectivity index (χ2n) is 9.45. The third kappa shape index (κ3) is 5.20. The molecule has 0 radical (unpaired) electrons. The van der Waals surface area contributed by atoms with Crippen LogP contribution in [0.2, 0.25) is 5.02 Å². The maximum Gasteiger partial charge on any atom is 0.260 e. The molecule has 10 heteroatoms. The van der Waals surface area contributed by atoms with Crippen molar-refractivity contribution in [3.8, 4) is 0 Å². The van der Waals surface area contributed by atoms with E-state index in [1.807, 2.05) is 44.2 Å². The van der Waals surface area contributed by atoms with Crippen LogP contribution in [0, 0.1) is 6.92 Å². The van der Waals surface area contributed by atoms with Crippen LogP contribution in [-0.4, -0.2) is 41.2 Å². The molecule has 1 atom stereocenters. The molecule has 0 N–H and O–H groups in total. The topological polar surface area (TPSA) is 83.5 Å².